The van der Waals surface area contributed by atoms with Gasteiger partial charge in [0.25, 0.3) is 0 Å². The molecule has 2 aliphatic carbocycles. The normalized spacial score (nSPS) is 31.8. The maximum absolute atomic E-state index is 3.53. The van der Waals surface area contributed by atoms with E-state index in [0.717, 1.165) is 17.3 Å². The topological polar surface area (TPSA) is 12.0 Å². The van der Waals surface area contributed by atoms with E-state index >= 15 is 0 Å². The zero-order valence-electron chi connectivity index (χ0n) is 11.3. The maximum Gasteiger partial charge on any atom is -0.00436 e. The number of rotatable bonds is 1. The summed E-state index contributed by atoms with van der Waals surface area (Å²) in [6, 6.07) is 0. The molecule has 1 heterocycles. The lowest BCUT2D eigenvalue weighted by atomic mass is 9.62. The molecule has 2 saturated carbocycles. The van der Waals surface area contributed by atoms with E-state index in [1.54, 1.807) is 38.5 Å². The summed E-state index contributed by atoms with van der Waals surface area (Å²) in [5, 5.41) is 3.53. The van der Waals surface area contributed by atoms with Crippen molar-refractivity contribution in [3.8, 4) is 0 Å². The summed E-state index contributed by atoms with van der Waals surface area (Å²) in [6.07, 6.45) is 16.8. The van der Waals surface area contributed by atoms with Crippen molar-refractivity contribution in [2.45, 2.75) is 70.6 Å². The Balaban J connectivity index is 1.52. The quantitative estimate of drug-likeness (QED) is 0.720. The predicted molar refractivity (Wildman–Crippen MR) is 73.1 cm³/mol. The average molecular weight is 235 g/mol. The summed E-state index contributed by atoms with van der Waals surface area (Å²) in [4.78, 5) is 0. The van der Waals surface area contributed by atoms with E-state index in [4.69, 9.17) is 0 Å². The fraction of sp³-hybridized carbons (Fsp3) is 1.00. The lowest BCUT2D eigenvalue weighted by Crippen LogP contribution is -2.40. The highest BCUT2D eigenvalue weighted by atomic mass is 14.9. The lowest BCUT2D eigenvalue weighted by molar-refractivity contribution is 0.0740. The molecule has 0 unspecified atom stereocenters. The standard InChI is InChI=1S/C16H29N/c1-2-4-14(5-3-1)15-6-8-16(9-7-15)10-12-17-13-11-16/h14-15,17H,1-13H2. The second kappa shape index (κ2) is 5.30. The van der Waals surface area contributed by atoms with Gasteiger partial charge in [0.1, 0.15) is 0 Å². The summed E-state index contributed by atoms with van der Waals surface area (Å²) >= 11 is 0. The smallest absolute Gasteiger partial charge is 0.00436 e. The Bertz CT molecular complexity index is 226. The third-order valence-corrected chi connectivity index (χ3v) is 6.07. The van der Waals surface area contributed by atoms with Gasteiger partial charge in [-0.1, -0.05) is 32.1 Å². The largest absolute Gasteiger partial charge is 0.317 e. The molecule has 0 aromatic heterocycles. The van der Waals surface area contributed by atoms with Gasteiger partial charge in [-0.2, -0.15) is 0 Å². The van der Waals surface area contributed by atoms with Crippen molar-refractivity contribution in [3.05, 3.63) is 0 Å². The maximum atomic E-state index is 3.53. The van der Waals surface area contributed by atoms with Gasteiger partial charge < -0.3 is 5.32 Å². The third-order valence-electron chi connectivity index (χ3n) is 6.07. The minimum Gasteiger partial charge on any atom is -0.317 e. The molecule has 17 heavy (non-hydrogen) atoms. The van der Waals surface area contributed by atoms with Crippen molar-refractivity contribution in [2.24, 2.45) is 17.3 Å². The average Bonchev–Trinajstić information content (AvgIpc) is 2.42. The molecule has 1 nitrogen and oxygen atoms in total. The molecule has 3 aliphatic rings. The molecule has 3 fully saturated rings. The summed E-state index contributed by atoms with van der Waals surface area (Å²) in [5.41, 5.74) is 0.774. The molecule has 0 aromatic rings. The molecule has 3 rings (SSSR count). The minimum absolute atomic E-state index is 0.774. The minimum atomic E-state index is 0.774. The van der Waals surface area contributed by atoms with Crippen LogP contribution in [0.1, 0.15) is 70.6 Å². The number of piperidine rings is 1. The Kier molecular flexibility index (Phi) is 3.75. The van der Waals surface area contributed by atoms with Gasteiger partial charge in [0.05, 0.1) is 0 Å². The van der Waals surface area contributed by atoms with Gasteiger partial charge in [-0.3, -0.25) is 0 Å². The molecule has 0 aromatic carbocycles. The zero-order valence-corrected chi connectivity index (χ0v) is 11.3. The molecule has 1 aliphatic heterocycles. The Morgan fingerprint density at radius 1 is 0.647 bits per heavy atom. The Hall–Kier alpha value is -0.0400. The Morgan fingerprint density at radius 3 is 1.88 bits per heavy atom. The third kappa shape index (κ3) is 2.70. The van der Waals surface area contributed by atoms with Gasteiger partial charge in [0.15, 0.2) is 0 Å². The van der Waals surface area contributed by atoms with Crippen molar-refractivity contribution in [1.82, 2.24) is 5.32 Å². The second-order valence-corrected chi connectivity index (χ2v) is 6.99. The first kappa shape index (κ1) is 12.0. The Morgan fingerprint density at radius 2 is 1.24 bits per heavy atom. The number of hydrogen-bond acceptors (Lipinski definition) is 1. The first-order chi connectivity index (χ1) is 8.38. The number of nitrogens with one attached hydrogen (secondary N) is 1. The predicted octanol–water partition coefficient (Wildman–Crippen LogP) is 4.13. The van der Waals surface area contributed by atoms with Gasteiger partial charge >= 0.3 is 0 Å². The summed E-state index contributed by atoms with van der Waals surface area (Å²) < 4.78 is 0. The van der Waals surface area contributed by atoms with Crippen LogP contribution in [-0.4, -0.2) is 13.1 Å². The summed E-state index contributed by atoms with van der Waals surface area (Å²) in [7, 11) is 0. The molecule has 0 atom stereocenters. The van der Waals surface area contributed by atoms with Crippen LogP contribution in [0.3, 0.4) is 0 Å². The highest BCUT2D eigenvalue weighted by Crippen LogP contribution is 2.48. The molecule has 1 heteroatoms. The zero-order chi connectivity index (χ0) is 11.6. The van der Waals surface area contributed by atoms with Gasteiger partial charge in [-0.15, -0.1) is 0 Å². The summed E-state index contributed by atoms with van der Waals surface area (Å²) in [6.45, 7) is 2.57. The fourth-order valence-electron chi connectivity index (χ4n) is 4.79. The van der Waals surface area contributed by atoms with Crippen molar-refractivity contribution in [1.29, 1.82) is 0 Å². The van der Waals surface area contributed by atoms with E-state index in [1.165, 1.54) is 45.2 Å². The monoisotopic (exact) mass is 235 g/mol. The molecule has 0 radical (unpaired) electrons. The van der Waals surface area contributed by atoms with Crippen LogP contribution in [-0.2, 0) is 0 Å². The van der Waals surface area contributed by atoms with E-state index < -0.39 is 0 Å². The lowest BCUT2D eigenvalue weighted by Gasteiger charge is -2.45. The van der Waals surface area contributed by atoms with Crippen LogP contribution in [0.5, 0.6) is 0 Å². The van der Waals surface area contributed by atoms with Crippen LogP contribution in [0.2, 0.25) is 0 Å². The fourth-order valence-corrected chi connectivity index (χ4v) is 4.79. The molecule has 1 saturated heterocycles. The molecule has 0 bridgehead atoms. The SMILES string of the molecule is C1CCC(C2CCC3(CCNCC3)CC2)CC1. The van der Waals surface area contributed by atoms with Gasteiger partial charge in [0, 0.05) is 0 Å². The molecule has 1 N–H and O–H groups in total. The highest BCUT2D eigenvalue weighted by molar-refractivity contribution is 4.91. The van der Waals surface area contributed by atoms with E-state index in [-0.39, 0.29) is 0 Å². The summed E-state index contributed by atoms with van der Waals surface area (Å²) in [5.74, 6) is 2.22. The van der Waals surface area contributed by atoms with E-state index in [9.17, 15) is 0 Å². The van der Waals surface area contributed by atoms with Gasteiger partial charge in [-0.25, -0.2) is 0 Å². The van der Waals surface area contributed by atoms with Crippen molar-refractivity contribution >= 4 is 0 Å². The second-order valence-electron chi connectivity index (χ2n) is 6.99. The van der Waals surface area contributed by atoms with E-state index in [1.807, 2.05) is 0 Å². The van der Waals surface area contributed by atoms with Crippen LogP contribution in [0.25, 0.3) is 0 Å². The molecule has 0 amide bonds. The van der Waals surface area contributed by atoms with Crippen molar-refractivity contribution in [3.63, 3.8) is 0 Å². The highest BCUT2D eigenvalue weighted by Gasteiger charge is 2.38. The van der Waals surface area contributed by atoms with Crippen molar-refractivity contribution < 1.29 is 0 Å². The first-order valence-electron chi connectivity index (χ1n) is 8.09. The molecule has 98 valence electrons. The van der Waals surface area contributed by atoms with Crippen LogP contribution in [0, 0.1) is 17.3 Å². The number of hydrogen-bond donors (Lipinski definition) is 1. The molecule has 1 spiro atoms. The van der Waals surface area contributed by atoms with Crippen LogP contribution in [0.4, 0.5) is 0 Å². The van der Waals surface area contributed by atoms with Crippen LogP contribution >= 0.6 is 0 Å². The van der Waals surface area contributed by atoms with Crippen molar-refractivity contribution in [2.75, 3.05) is 13.1 Å². The van der Waals surface area contributed by atoms with E-state index in [0.29, 0.717) is 0 Å². The van der Waals surface area contributed by atoms with Gasteiger partial charge in [0.2, 0.25) is 0 Å². The Labute approximate surface area is 107 Å². The first-order valence-corrected chi connectivity index (χ1v) is 8.09. The van der Waals surface area contributed by atoms with Crippen LogP contribution < -0.4 is 5.32 Å². The molecular formula is C16H29N. The van der Waals surface area contributed by atoms with Gasteiger partial charge in [-0.05, 0) is 68.9 Å². The van der Waals surface area contributed by atoms with E-state index in [2.05, 4.69) is 5.32 Å². The molecular weight excluding hydrogens is 206 g/mol. The van der Waals surface area contributed by atoms with Crippen LogP contribution in [0.15, 0.2) is 0 Å².